The molecule has 3 aromatic rings. The SMILES string of the molecule is CCOc1cc(C)c(CN(C(=O)Nc2ccc(-c3cnn(C)c3)cc2)C2CC2)cc1C(C)C. The Hall–Kier alpha value is -3.28. The Balaban J connectivity index is 1.50. The second-order valence-corrected chi connectivity index (χ2v) is 9.17. The van der Waals surface area contributed by atoms with Gasteiger partial charge in [-0.2, -0.15) is 5.10 Å². The lowest BCUT2D eigenvalue weighted by atomic mass is 9.96. The fourth-order valence-corrected chi connectivity index (χ4v) is 4.10. The molecule has 2 aromatic carbocycles. The van der Waals surface area contributed by atoms with Crippen molar-refractivity contribution in [3.05, 3.63) is 65.5 Å². The first-order chi connectivity index (χ1) is 15.9. The van der Waals surface area contributed by atoms with E-state index in [1.165, 1.54) is 11.1 Å². The summed E-state index contributed by atoms with van der Waals surface area (Å²) >= 11 is 0. The molecule has 1 aliphatic rings. The summed E-state index contributed by atoms with van der Waals surface area (Å²) < 4.78 is 7.65. The van der Waals surface area contributed by atoms with Crippen LogP contribution in [0.5, 0.6) is 5.75 Å². The molecule has 1 saturated carbocycles. The van der Waals surface area contributed by atoms with Crippen molar-refractivity contribution in [1.29, 1.82) is 0 Å². The zero-order chi connectivity index (χ0) is 23.5. The van der Waals surface area contributed by atoms with Gasteiger partial charge in [0.15, 0.2) is 0 Å². The van der Waals surface area contributed by atoms with Gasteiger partial charge in [0.25, 0.3) is 0 Å². The highest BCUT2D eigenvalue weighted by atomic mass is 16.5. The van der Waals surface area contributed by atoms with Crippen LogP contribution in [0.1, 0.15) is 56.2 Å². The molecule has 0 spiro atoms. The number of rotatable bonds is 8. The van der Waals surface area contributed by atoms with E-state index in [0.29, 0.717) is 25.1 Å². The number of ether oxygens (including phenoxy) is 1. The molecule has 1 aromatic heterocycles. The lowest BCUT2D eigenvalue weighted by molar-refractivity contribution is 0.206. The molecule has 1 aliphatic carbocycles. The molecule has 1 N–H and O–H groups in total. The molecule has 6 nitrogen and oxygen atoms in total. The molecule has 1 heterocycles. The van der Waals surface area contributed by atoms with Crippen molar-refractivity contribution in [3.63, 3.8) is 0 Å². The number of aryl methyl sites for hydroxylation is 2. The summed E-state index contributed by atoms with van der Waals surface area (Å²) in [6, 6.07) is 12.5. The number of hydrogen-bond donors (Lipinski definition) is 1. The maximum atomic E-state index is 13.2. The van der Waals surface area contributed by atoms with Gasteiger partial charge in [-0.25, -0.2) is 4.79 Å². The zero-order valence-electron chi connectivity index (χ0n) is 20.3. The summed E-state index contributed by atoms with van der Waals surface area (Å²) in [5.74, 6) is 1.30. The predicted molar refractivity (Wildman–Crippen MR) is 133 cm³/mol. The highest BCUT2D eigenvalue weighted by Crippen LogP contribution is 2.34. The number of urea groups is 1. The summed E-state index contributed by atoms with van der Waals surface area (Å²) in [6.07, 6.45) is 5.93. The Labute approximate surface area is 196 Å². The van der Waals surface area contributed by atoms with E-state index in [2.05, 4.69) is 43.3 Å². The van der Waals surface area contributed by atoms with E-state index in [1.807, 2.05) is 55.5 Å². The average Bonchev–Trinajstić information content (AvgIpc) is 3.53. The third kappa shape index (κ3) is 5.38. The Bertz CT molecular complexity index is 1110. The molecule has 33 heavy (non-hydrogen) atoms. The molecular formula is C27H34N4O2. The minimum Gasteiger partial charge on any atom is -0.494 e. The second-order valence-electron chi connectivity index (χ2n) is 9.17. The second kappa shape index (κ2) is 9.69. The Kier molecular flexibility index (Phi) is 6.72. The smallest absolute Gasteiger partial charge is 0.322 e. The number of carbonyl (C=O) groups is 1. The van der Waals surface area contributed by atoms with Crippen molar-refractivity contribution in [2.75, 3.05) is 11.9 Å². The van der Waals surface area contributed by atoms with Crippen LogP contribution in [0.15, 0.2) is 48.8 Å². The fourth-order valence-electron chi connectivity index (χ4n) is 4.10. The third-order valence-electron chi connectivity index (χ3n) is 6.15. The van der Waals surface area contributed by atoms with Crippen LogP contribution in [0.4, 0.5) is 10.5 Å². The molecular weight excluding hydrogens is 412 g/mol. The lowest BCUT2D eigenvalue weighted by Gasteiger charge is -2.25. The Morgan fingerprint density at radius 3 is 2.52 bits per heavy atom. The van der Waals surface area contributed by atoms with E-state index < -0.39 is 0 Å². The van der Waals surface area contributed by atoms with Gasteiger partial charge in [-0.05, 0) is 79.1 Å². The molecule has 6 heteroatoms. The molecule has 0 atom stereocenters. The van der Waals surface area contributed by atoms with Crippen LogP contribution in [0.25, 0.3) is 11.1 Å². The monoisotopic (exact) mass is 446 g/mol. The third-order valence-corrected chi connectivity index (χ3v) is 6.15. The first-order valence-electron chi connectivity index (χ1n) is 11.8. The van der Waals surface area contributed by atoms with Crippen molar-refractivity contribution >= 4 is 11.7 Å². The van der Waals surface area contributed by atoms with Crippen molar-refractivity contribution in [2.45, 2.75) is 59.0 Å². The van der Waals surface area contributed by atoms with E-state index in [-0.39, 0.29) is 6.03 Å². The fraction of sp³-hybridized carbons (Fsp3) is 0.407. The van der Waals surface area contributed by atoms with E-state index in [1.54, 1.807) is 4.68 Å². The Morgan fingerprint density at radius 2 is 1.94 bits per heavy atom. The van der Waals surface area contributed by atoms with Crippen LogP contribution < -0.4 is 10.1 Å². The summed E-state index contributed by atoms with van der Waals surface area (Å²) in [5.41, 5.74) is 6.45. The summed E-state index contributed by atoms with van der Waals surface area (Å²) in [6.45, 7) is 9.71. The van der Waals surface area contributed by atoms with Gasteiger partial charge in [-0.15, -0.1) is 0 Å². The highest BCUT2D eigenvalue weighted by Gasteiger charge is 2.33. The normalized spacial score (nSPS) is 13.3. The minimum atomic E-state index is -0.0500. The summed E-state index contributed by atoms with van der Waals surface area (Å²) in [7, 11) is 1.90. The lowest BCUT2D eigenvalue weighted by Crippen LogP contribution is -2.36. The molecule has 0 radical (unpaired) electrons. The van der Waals surface area contributed by atoms with Gasteiger partial charge < -0.3 is 15.0 Å². The number of amides is 2. The molecule has 0 bridgehead atoms. The van der Waals surface area contributed by atoms with Crippen molar-refractivity contribution in [3.8, 4) is 16.9 Å². The van der Waals surface area contributed by atoms with Crippen LogP contribution in [-0.4, -0.2) is 33.4 Å². The predicted octanol–water partition coefficient (Wildman–Crippen LogP) is 6.11. The van der Waals surface area contributed by atoms with Gasteiger partial charge in [-0.3, -0.25) is 4.68 Å². The maximum Gasteiger partial charge on any atom is 0.322 e. The maximum absolute atomic E-state index is 13.2. The van der Waals surface area contributed by atoms with E-state index >= 15 is 0 Å². The number of hydrogen-bond acceptors (Lipinski definition) is 3. The summed E-state index contributed by atoms with van der Waals surface area (Å²) in [4.78, 5) is 15.2. The topological polar surface area (TPSA) is 59.4 Å². The van der Waals surface area contributed by atoms with Gasteiger partial charge >= 0.3 is 6.03 Å². The van der Waals surface area contributed by atoms with Gasteiger partial charge in [0.05, 0.1) is 12.8 Å². The average molecular weight is 447 g/mol. The number of benzene rings is 2. The molecule has 2 amide bonds. The number of carbonyl (C=O) groups excluding carboxylic acids is 1. The van der Waals surface area contributed by atoms with Crippen LogP contribution in [0.3, 0.4) is 0 Å². The number of aromatic nitrogens is 2. The van der Waals surface area contributed by atoms with Crippen molar-refractivity contribution in [2.24, 2.45) is 7.05 Å². The van der Waals surface area contributed by atoms with Crippen LogP contribution in [0, 0.1) is 6.92 Å². The molecule has 0 saturated heterocycles. The number of nitrogens with one attached hydrogen (secondary N) is 1. The van der Waals surface area contributed by atoms with E-state index in [4.69, 9.17) is 4.74 Å². The van der Waals surface area contributed by atoms with Gasteiger partial charge in [-0.1, -0.05) is 26.0 Å². The Morgan fingerprint density at radius 1 is 1.21 bits per heavy atom. The minimum absolute atomic E-state index is 0.0500. The number of nitrogens with zero attached hydrogens (tertiary/aromatic N) is 3. The first-order valence-corrected chi connectivity index (χ1v) is 11.8. The summed E-state index contributed by atoms with van der Waals surface area (Å²) in [5, 5.41) is 7.32. The van der Waals surface area contributed by atoms with Crippen molar-refractivity contribution < 1.29 is 9.53 Å². The van der Waals surface area contributed by atoms with E-state index in [9.17, 15) is 4.79 Å². The van der Waals surface area contributed by atoms with Crippen LogP contribution in [0.2, 0.25) is 0 Å². The van der Waals surface area contributed by atoms with E-state index in [0.717, 1.165) is 41.0 Å². The van der Waals surface area contributed by atoms with Crippen LogP contribution >= 0.6 is 0 Å². The molecule has 4 rings (SSSR count). The van der Waals surface area contributed by atoms with Crippen molar-refractivity contribution in [1.82, 2.24) is 14.7 Å². The molecule has 1 fully saturated rings. The van der Waals surface area contributed by atoms with Gasteiger partial charge in [0.2, 0.25) is 0 Å². The molecule has 0 aliphatic heterocycles. The van der Waals surface area contributed by atoms with Gasteiger partial charge in [0.1, 0.15) is 5.75 Å². The molecule has 174 valence electrons. The highest BCUT2D eigenvalue weighted by molar-refractivity contribution is 5.90. The van der Waals surface area contributed by atoms with Crippen LogP contribution in [-0.2, 0) is 13.6 Å². The van der Waals surface area contributed by atoms with Gasteiger partial charge in [0, 0.05) is 37.1 Å². The standard InChI is InChI=1S/C27H34N4O2/c1-6-33-26-13-19(4)21(14-25(26)18(2)3)17-31(24-11-12-24)27(32)29-23-9-7-20(8-10-23)22-15-28-30(5)16-22/h7-10,13-16,18,24H,6,11-12,17H2,1-5H3,(H,29,32). The zero-order valence-corrected chi connectivity index (χ0v) is 20.3. The largest absolute Gasteiger partial charge is 0.494 e. The quantitative estimate of drug-likeness (QED) is 0.454. The number of anilines is 1. The first kappa shape index (κ1) is 22.9. The molecule has 0 unspecified atom stereocenters.